The van der Waals surface area contributed by atoms with Crippen molar-refractivity contribution in [3.8, 4) is 11.5 Å². The first kappa shape index (κ1) is 28.2. The highest BCUT2D eigenvalue weighted by molar-refractivity contribution is 7.89. The van der Waals surface area contributed by atoms with Crippen LogP contribution in [-0.2, 0) is 10.0 Å². The summed E-state index contributed by atoms with van der Waals surface area (Å²) in [5, 5.41) is 13.8. The number of rotatable bonds is 10. The Labute approximate surface area is 209 Å². The number of sulfonamides is 1. The average molecular weight is 547 g/mol. The molecule has 3 aromatic carbocycles. The van der Waals surface area contributed by atoms with E-state index in [4.69, 9.17) is 10.9 Å². The number of alkyl halides is 4. The van der Waals surface area contributed by atoms with Gasteiger partial charge in [-0.2, -0.15) is 17.6 Å². The smallest absolute Gasteiger partial charge is 0.387 e. The topological polar surface area (TPSA) is 125 Å². The molecule has 37 heavy (non-hydrogen) atoms. The molecule has 0 saturated heterocycles. The molecule has 0 aliphatic rings. The Morgan fingerprint density at radius 1 is 0.811 bits per heavy atom. The summed E-state index contributed by atoms with van der Waals surface area (Å²) in [5.41, 5.74) is 5.28. The van der Waals surface area contributed by atoms with E-state index in [1.54, 1.807) is 0 Å². The third-order valence-corrected chi connectivity index (χ3v) is 6.79. The van der Waals surface area contributed by atoms with Gasteiger partial charge in [-0.25, -0.2) is 17.9 Å². The highest BCUT2D eigenvalue weighted by Crippen LogP contribution is 2.44. The number of ether oxygens (including phenoxy) is 2. The lowest BCUT2D eigenvalue weighted by Crippen LogP contribution is -2.29. The number of nitrogen functional groups attached to an aromatic ring is 1. The van der Waals surface area contributed by atoms with E-state index in [0.29, 0.717) is 0 Å². The van der Waals surface area contributed by atoms with Crippen LogP contribution in [0.15, 0.2) is 60.7 Å². The molecule has 2 atom stereocenters. The van der Waals surface area contributed by atoms with Crippen molar-refractivity contribution in [3.63, 3.8) is 0 Å². The number of aliphatic hydroxyl groups excluding tert-OH is 1. The van der Waals surface area contributed by atoms with Crippen molar-refractivity contribution >= 4 is 15.7 Å². The summed E-state index contributed by atoms with van der Waals surface area (Å²) in [4.78, 5) is 0. The molecule has 0 saturated carbocycles. The molecule has 3 aromatic rings. The highest BCUT2D eigenvalue weighted by Gasteiger charge is 2.38. The number of aliphatic hydroxyl groups is 1. The second kappa shape index (κ2) is 11.3. The third kappa shape index (κ3) is 6.67. The van der Waals surface area contributed by atoms with Gasteiger partial charge in [0.2, 0.25) is 10.0 Å². The third-order valence-electron chi connectivity index (χ3n) is 5.55. The van der Waals surface area contributed by atoms with Crippen LogP contribution in [0.2, 0.25) is 0 Å². The van der Waals surface area contributed by atoms with Crippen molar-refractivity contribution in [3.05, 3.63) is 88.7 Å². The van der Waals surface area contributed by atoms with Gasteiger partial charge in [-0.15, -0.1) is 0 Å². The van der Waals surface area contributed by atoms with Crippen LogP contribution in [0.4, 0.5) is 27.6 Å². The van der Waals surface area contributed by atoms with E-state index in [2.05, 4.69) is 9.47 Å². The van der Waals surface area contributed by atoms with Crippen LogP contribution in [0.3, 0.4) is 0 Å². The molecule has 0 aliphatic carbocycles. The second-order valence-corrected chi connectivity index (χ2v) is 9.72. The fourth-order valence-electron chi connectivity index (χ4n) is 4.07. The minimum Gasteiger partial charge on any atom is -0.435 e. The van der Waals surface area contributed by atoms with Gasteiger partial charge in [0.25, 0.3) is 0 Å². The zero-order chi connectivity index (χ0) is 27.5. The molecule has 2 unspecified atom stereocenters. The Hall–Kier alpha value is -3.42. The lowest BCUT2D eigenvalue weighted by atomic mass is 9.84. The fourth-order valence-corrected chi connectivity index (χ4v) is 5.30. The molecule has 0 aliphatic heterocycles. The Morgan fingerprint density at radius 2 is 1.24 bits per heavy atom. The number of nitrogens with two attached hydrogens (primary N) is 2. The van der Waals surface area contributed by atoms with Crippen LogP contribution in [0.1, 0.15) is 46.4 Å². The molecule has 200 valence electrons. The van der Waals surface area contributed by atoms with Crippen molar-refractivity contribution in [2.45, 2.75) is 37.4 Å². The first-order valence-electron chi connectivity index (χ1n) is 10.7. The maximum absolute atomic E-state index is 15.6. The first-order chi connectivity index (χ1) is 17.3. The second-order valence-electron chi connectivity index (χ2n) is 8.03. The summed E-state index contributed by atoms with van der Waals surface area (Å²) >= 11 is 0. The molecule has 5 N–H and O–H groups in total. The largest absolute Gasteiger partial charge is 0.435 e. The summed E-state index contributed by atoms with van der Waals surface area (Å²) in [6, 6.07) is 12.1. The van der Waals surface area contributed by atoms with Crippen molar-refractivity contribution in [1.29, 1.82) is 0 Å². The van der Waals surface area contributed by atoms with Crippen LogP contribution < -0.4 is 20.3 Å². The van der Waals surface area contributed by atoms with E-state index in [1.807, 2.05) is 0 Å². The first-order valence-corrected chi connectivity index (χ1v) is 12.3. The standard InChI is InChI=1S/C24H23F5N2O5S/c1-12(32)19-18(30)11-10-17(21(19)25)22(37(31,33)34)20(13-2-6-15(7-3-13)35-23(26)27)14-4-8-16(9-5-14)36-24(28)29/h2-12,20,22-24,32H,30H2,1H3,(H2,31,33,34). The van der Waals surface area contributed by atoms with Crippen molar-refractivity contribution in [2.24, 2.45) is 5.14 Å². The molecule has 0 heterocycles. The average Bonchev–Trinajstić information content (AvgIpc) is 2.78. The molecular weight excluding hydrogens is 523 g/mol. The Morgan fingerprint density at radius 3 is 1.59 bits per heavy atom. The fraction of sp³-hybridized carbons (Fsp3) is 0.250. The van der Waals surface area contributed by atoms with E-state index in [9.17, 15) is 31.1 Å². The van der Waals surface area contributed by atoms with Crippen molar-refractivity contribution in [1.82, 2.24) is 0 Å². The van der Waals surface area contributed by atoms with Crippen LogP contribution in [-0.4, -0.2) is 26.7 Å². The zero-order valence-corrected chi connectivity index (χ0v) is 20.0. The molecule has 0 radical (unpaired) electrons. The molecule has 0 amide bonds. The van der Waals surface area contributed by atoms with Gasteiger partial charge >= 0.3 is 13.2 Å². The lowest BCUT2D eigenvalue weighted by Gasteiger charge is -2.28. The van der Waals surface area contributed by atoms with Gasteiger partial charge in [-0.3, -0.25) is 0 Å². The van der Waals surface area contributed by atoms with Gasteiger partial charge in [-0.1, -0.05) is 30.3 Å². The van der Waals surface area contributed by atoms with E-state index in [-0.39, 0.29) is 33.9 Å². The van der Waals surface area contributed by atoms with Gasteiger partial charge in [0, 0.05) is 22.7 Å². The molecule has 0 bridgehead atoms. The minimum atomic E-state index is -4.61. The van der Waals surface area contributed by atoms with E-state index >= 15 is 4.39 Å². The minimum absolute atomic E-state index is 0.122. The summed E-state index contributed by atoms with van der Waals surface area (Å²) in [5.74, 6) is -2.81. The molecule has 0 fully saturated rings. The molecule has 0 aromatic heterocycles. The Balaban J connectivity index is 2.25. The van der Waals surface area contributed by atoms with Gasteiger partial charge in [-0.05, 0) is 48.4 Å². The Kier molecular flexibility index (Phi) is 8.61. The molecule has 7 nitrogen and oxygen atoms in total. The van der Waals surface area contributed by atoms with Crippen LogP contribution in [0.25, 0.3) is 0 Å². The summed E-state index contributed by atoms with van der Waals surface area (Å²) in [6.45, 7) is -4.97. The predicted molar refractivity (Wildman–Crippen MR) is 125 cm³/mol. The van der Waals surface area contributed by atoms with Crippen LogP contribution in [0.5, 0.6) is 11.5 Å². The number of halogens is 5. The number of hydrogen-bond acceptors (Lipinski definition) is 6. The molecular formula is C24H23F5N2O5S. The van der Waals surface area contributed by atoms with E-state index in [0.717, 1.165) is 30.3 Å². The van der Waals surface area contributed by atoms with E-state index in [1.165, 1.54) is 37.3 Å². The van der Waals surface area contributed by atoms with Gasteiger partial charge in [0.1, 0.15) is 22.6 Å². The van der Waals surface area contributed by atoms with Crippen molar-refractivity contribution in [2.75, 3.05) is 5.73 Å². The maximum Gasteiger partial charge on any atom is 0.387 e. The summed E-state index contributed by atoms with van der Waals surface area (Å²) < 4.78 is 101. The van der Waals surface area contributed by atoms with Crippen molar-refractivity contribution < 1.29 is 45.0 Å². The molecule has 13 heteroatoms. The number of anilines is 1. The molecule has 3 rings (SSSR count). The van der Waals surface area contributed by atoms with Gasteiger partial charge in [0.15, 0.2) is 0 Å². The zero-order valence-electron chi connectivity index (χ0n) is 19.2. The predicted octanol–water partition coefficient (Wildman–Crippen LogP) is 4.83. The monoisotopic (exact) mass is 546 g/mol. The summed E-state index contributed by atoms with van der Waals surface area (Å²) in [7, 11) is -4.61. The number of hydrogen-bond donors (Lipinski definition) is 3. The number of benzene rings is 3. The van der Waals surface area contributed by atoms with Gasteiger partial charge < -0.3 is 20.3 Å². The highest BCUT2D eigenvalue weighted by atomic mass is 32.2. The quantitative estimate of drug-likeness (QED) is 0.247. The lowest BCUT2D eigenvalue weighted by molar-refractivity contribution is -0.0505. The number of primary sulfonamides is 1. The Bertz CT molecular complexity index is 1270. The summed E-state index contributed by atoms with van der Waals surface area (Å²) in [6.07, 6.45) is -1.39. The van der Waals surface area contributed by atoms with Crippen LogP contribution in [0, 0.1) is 5.82 Å². The SMILES string of the molecule is CC(O)c1c(N)ccc(C(C(c2ccc(OC(F)F)cc2)c2ccc(OC(F)F)cc2)S(N)(=O)=O)c1F. The molecule has 0 spiro atoms. The normalized spacial score (nSPS) is 13.7. The van der Waals surface area contributed by atoms with E-state index < -0.39 is 51.9 Å². The van der Waals surface area contributed by atoms with Gasteiger partial charge in [0.05, 0.1) is 6.10 Å². The maximum atomic E-state index is 15.6. The van der Waals surface area contributed by atoms with Crippen LogP contribution >= 0.6 is 0 Å².